The molecule has 0 spiro atoms. The molecule has 0 aliphatic heterocycles. The zero-order chi connectivity index (χ0) is 12.7. The van der Waals surface area contributed by atoms with E-state index in [1.807, 2.05) is 0 Å². The van der Waals surface area contributed by atoms with Gasteiger partial charge >= 0.3 is 0 Å². The molecule has 0 bridgehead atoms. The minimum Gasteiger partial charge on any atom is -0.496 e. The zero-order valence-electron chi connectivity index (χ0n) is 11.3. The summed E-state index contributed by atoms with van der Waals surface area (Å²) in [6.07, 6.45) is 2.04. The van der Waals surface area contributed by atoms with E-state index in [0.29, 0.717) is 6.73 Å². The first-order valence-electron chi connectivity index (χ1n) is 6.04. The molecule has 3 heteroatoms. The fourth-order valence-corrected chi connectivity index (χ4v) is 1.87. The second-order valence-corrected chi connectivity index (χ2v) is 4.25. The minimum atomic E-state index is 0.677. The molecule has 0 atom stereocenters. The summed E-state index contributed by atoms with van der Waals surface area (Å²) in [4.78, 5) is 2.16. The van der Waals surface area contributed by atoms with Crippen molar-refractivity contribution in [2.24, 2.45) is 0 Å². The molecular formula is C14H23NO2. The van der Waals surface area contributed by atoms with Crippen LogP contribution in [0.2, 0.25) is 0 Å². The summed E-state index contributed by atoms with van der Waals surface area (Å²) in [5.74, 6) is 0.987. The van der Waals surface area contributed by atoms with Gasteiger partial charge in [-0.05, 0) is 37.1 Å². The molecule has 0 aliphatic carbocycles. The molecule has 1 rings (SSSR count). The number of ether oxygens (including phenoxy) is 2. The molecule has 1 aromatic carbocycles. The summed E-state index contributed by atoms with van der Waals surface area (Å²) in [6.45, 7) is 3.83. The van der Waals surface area contributed by atoms with E-state index in [0.717, 1.165) is 25.1 Å². The number of likely N-dealkylation sites (N-methyl/N-ethyl adjacent to an activating group) is 1. The van der Waals surface area contributed by atoms with Gasteiger partial charge < -0.3 is 9.47 Å². The Labute approximate surface area is 104 Å². The number of aryl methyl sites for hydroxylation is 1. The summed E-state index contributed by atoms with van der Waals surface area (Å²) in [6, 6.07) is 6.43. The van der Waals surface area contributed by atoms with Crippen LogP contribution in [0.25, 0.3) is 0 Å². The van der Waals surface area contributed by atoms with E-state index < -0.39 is 0 Å². The molecule has 0 N–H and O–H groups in total. The van der Waals surface area contributed by atoms with E-state index in [2.05, 4.69) is 37.1 Å². The van der Waals surface area contributed by atoms with E-state index >= 15 is 0 Å². The average Bonchev–Trinajstić information content (AvgIpc) is 2.36. The van der Waals surface area contributed by atoms with Crippen LogP contribution in [0.4, 0.5) is 0 Å². The molecule has 0 fully saturated rings. The largest absolute Gasteiger partial charge is 0.496 e. The number of nitrogens with zero attached hydrogens (tertiary/aromatic N) is 1. The van der Waals surface area contributed by atoms with Gasteiger partial charge in [0.2, 0.25) is 0 Å². The summed E-state index contributed by atoms with van der Waals surface area (Å²) in [5, 5.41) is 0. The van der Waals surface area contributed by atoms with Gasteiger partial charge in [-0.1, -0.05) is 19.1 Å². The van der Waals surface area contributed by atoms with Crippen LogP contribution in [0.3, 0.4) is 0 Å². The first-order chi connectivity index (χ1) is 8.21. The highest BCUT2D eigenvalue weighted by Gasteiger charge is 2.04. The average molecular weight is 237 g/mol. The second kappa shape index (κ2) is 7.30. The number of hydrogen-bond acceptors (Lipinski definition) is 3. The molecule has 3 nitrogen and oxygen atoms in total. The molecule has 1 aromatic rings. The molecule has 0 radical (unpaired) electrons. The molecular weight excluding hydrogens is 214 g/mol. The van der Waals surface area contributed by atoms with E-state index in [4.69, 9.17) is 9.47 Å². The fourth-order valence-electron chi connectivity index (χ4n) is 1.87. The smallest absolute Gasteiger partial charge is 0.122 e. The van der Waals surface area contributed by atoms with Crippen LogP contribution in [0.1, 0.15) is 18.1 Å². The molecule has 96 valence electrons. The minimum absolute atomic E-state index is 0.677. The van der Waals surface area contributed by atoms with E-state index in [1.165, 1.54) is 11.1 Å². The Hall–Kier alpha value is -1.06. The molecule has 17 heavy (non-hydrogen) atoms. The number of hydrogen-bond donors (Lipinski definition) is 0. The van der Waals surface area contributed by atoms with Gasteiger partial charge in [0.15, 0.2) is 0 Å². The van der Waals surface area contributed by atoms with Crippen molar-refractivity contribution in [2.75, 3.05) is 34.5 Å². The standard InChI is InChI=1S/C14H23NO2/c1-5-13-10-12(6-7-14(13)17-4)8-9-15(2)11-16-3/h6-7,10H,5,8-9,11H2,1-4H3. The topological polar surface area (TPSA) is 21.7 Å². The quantitative estimate of drug-likeness (QED) is 0.679. The molecule has 0 unspecified atom stereocenters. The normalized spacial score (nSPS) is 10.9. The van der Waals surface area contributed by atoms with Gasteiger partial charge in [-0.2, -0.15) is 0 Å². The van der Waals surface area contributed by atoms with Crippen LogP contribution in [0.5, 0.6) is 5.75 Å². The third-order valence-corrected chi connectivity index (χ3v) is 2.86. The molecule has 0 saturated heterocycles. The van der Waals surface area contributed by atoms with Gasteiger partial charge in [0.05, 0.1) is 13.8 Å². The third kappa shape index (κ3) is 4.36. The Morgan fingerprint density at radius 2 is 2.00 bits per heavy atom. The number of benzene rings is 1. The van der Waals surface area contributed by atoms with Crippen LogP contribution in [-0.4, -0.2) is 39.4 Å². The van der Waals surface area contributed by atoms with Crippen LogP contribution in [0, 0.1) is 0 Å². The SMILES string of the molecule is CCc1cc(CCN(C)COC)ccc1OC. The maximum atomic E-state index is 5.32. The van der Waals surface area contributed by atoms with Crippen LogP contribution < -0.4 is 4.74 Å². The Bertz CT molecular complexity index is 339. The van der Waals surface area contributed by atoms with Crippen molar-refractivity contribution in [3.05, 3.63) is 29.3 Å². The summed E-state index contributed by atoms with van der Waals surface area (Å²) < 4.78 is 10.4. The van der Waals surface area contributed by atoms with Crippen LogP contribution >= 0.6 is 0 Å². The van der Waals surface area contributed by atoms with E-state index in [9.17, 15) is 0 Å². The Morgan fingerprint density at radius 1 is 1.24 bits per heavy atom. The Kier molecular flexibility index (Phi) is 6.01. The zero-order valence-corrected chi connectivity index (χ0v) is 11.3. The van der Waals surface area contributed by atoms with E-state index in [-0.39, 0.29) is 0 Å². The van der Waals surface area contributed by atoms with Gasteiger partial charge in [-0.25, -0.2) is 0 Å². The summed E-state index contributed by atoms with van der Waals surface area (Å²) in [5.41, 5.74) is 2.63. The van der Waals surface area contributed by atoms with Crippen molar-refractivity contribution in [2.45, 2.75) is 19.8 Å². The van der Waals surface area contributed by atoms with Crippen molar-refractivity contribution in [1.29, 1.82) is 0 Å². The summed E-state index contributed by atoms with van der Waals surface area (Å²) >= 11 is 0. The lowest BCUT2D eigenvalue weighted by molar-refractivity contribution is 0.0827. The van der Waals surface area contributed by atoms with Gasteiger partial charge in [0, 0.05) is 13.7 Å². The maximum absolute atomic E-state index is 5.32. The van der Waals surface area contributed by atoms with Crippen LogP contribution in [-0.2, 0) is 17.6 Å². The highest BCUT2D eigenvalue weighted by atomic mass is 16.5. The maximum Gasteiger partial charge on any atom is 0.122 e. The molecule has 0 heterocycles. The summed E-state index contributed by atoms with van der Waals surface area (Å²) in [7, 11) is 5.51. The number of rotatable bonds is 7. The van der Waals surface area contributed by atoms with Crippen LogP contribution in [0.15, 0.2) is 18.2 Å². The Balaban J connectivity index is 2.60. The first kappa shape index (κ1) is 14.0. The lowest BCUT2D eigenvalue weighted by atomic mass is 10.1. The number of methoxy groups -OCH3 is 2. The van der Waals surface area contributed by atoms with Gasteiger partial charge in [-0.15, -0.1) is 0 Å². The van der Waals surface area contributed by atoms with Crippen molar-refractivity contribution in [1.82, 2.24) is 4.90 Å². The van der Waals surface area contributed by atoms with Crippen molar-refractivity contribution in [3.63, 3.8) is 0 Å². The lowest BCUT2D eigenvalue weighted by Crippen LogP contribution is -2.23. The van der Waals surface area contributed by atoms with E-state index in [1.54, 1.807) is 14.2 Å². The molecule has 0 aliphatic rings. The lowest BCUT2D eigenvalue weighted by Gasteiger charge is -2.15. The molecule has 0 saturated carbocycles. The highest BCUT2D eigenvalue weighted by Crippen LogP contribution is 2.20. The predicted octanol–water partition coefficient (Wildman–Crippen LogP) is 2.34. The predicted molar refractivity (Wildman–Crippen MR) is 70.6 cm³/mol. The monoisotopic (exact) mass is 237 g/mol. The van der Waals surface area contributed by atoms with Gasteiger partial charge in [0.25, 0.3) is 0 Å². The van der Waals surface area contributed by atoms with Crippen molar-refractivity contribution in [3.8, 4) is 5.75 Å². The third-order valence-electron chi connectivity index (χ3n) is 2.86. The first-order valence-corrected chi connectivity index (χ1v) is 6.04. The van der Waals surface area contributed by atoms with Crippen molar-refractivity contribution < 1.29 is 9.47 Å². The Morgan fingerprint density at radius 3 is 2.59 bits per heavy atom. The highest BCUT2D eigenvalue weighted by molar-refractivity contribution is 5.37. The molecule has 0 amide bonds. The fraction of sp³-hybridized carbons (Fsp3) is 0.571. The van der Waals surface area contributed by atoms with Gasteiger partial charge in [-0.3, -0.25) is 4.90 Å². The van der Waals surface area contributed by atoms with Gasteiger partial charge in [0.1, 0.15) is 5.75 Å². The molecule has 0 aromatic heterocycles. The van der Waals surface area contributed by atoms with Crippen molar-refractivity contribution >= 4 is 0 Å². The second-order valence-electron chi connectivity index (χ2n) is 4.25.